The number of nitrogens with zero attached hydrogens (tertiary/aromatic N) is 1. The average Bonchev–Trinajstić information content (AvgIpc) is 2.56. The van der Waals surface area contributed by atoms with Gasteiger partial charge in [-0.05, 0) is 20.8 Å². The van der Waals surface area contributed by atoms with Crippen LogP contribution in [0.15, 0.2) is 12.2 Å². The quantitative estimate of drug-likeness (QED) is 0.722. The van der Waals surface area contributed by atoms with Crippen molar-refractivity contribution in [1.82, 2.24) is 10.2 Å². The SMILES string of the molecule is C=C(C)CNC(=O)C1CC(=O)N(C(C)C)C1. The maximum Gasteiger partial charge on any atom is 0.225 e. The van der Waals surface area contributed by atoms with Crippen molar-refractivity contribution in [3.8, 4) is 0 Å². The minimum Gasteiger partial charge on any atom is -0.352 e. The first-order chi connectivity index (χ1) is 7.41. The Morgan fingerprint density at radius 2 is 2.25 bits per heavy atom. The Morgan fingerprint density at radius 1 is 1.62 bits per heavy atom. The molecular formula is C12H20N2O2. The summed E-state index contributed by atoms with van der Waals surface area (Å²) in [6, 6.07) is 0.173. The first-order valence-corrected chi connectivity index (χ1v) is 5.63. The van der Waals surface area contributed by atoms with Gasteiger partial charge in [0, 0.05) is 25.6 Å². The fraction of sp³-hybridized carbons (Fsp3) is 0.667. The van der Waals surface area contributed by atoms with E-state index >= 15 is 0 Å². The molecule has 1 N–H and O–H groups in total. The normalized spacial score (nSPS) is 20.4. The zero-order valence-electron chi connectivity index (χ0n) is 10.2. The van der Waals surface area contributed by atoms with Crippen LogP contribution in [0.1, 0.15) is 27.2 Å². The average molecular weight is 224 g/mol. The number of carbonyl (C=O) groups excluding carboxylic acids is 2. The number of carbonyl (C=O) groups is 2. The zero-order chi connectivity index (χ0) is 12.3. The summed E-state index contributed by atoms with van der Waals surface area (Å²) in [6.45, 7) is 10.5. The number of amides is 2. The highest BCUT2D eigenvalue weighted by atomic mass is 16.2. The molecule has 90 valence electrons. The van der Waals surface area contributed by atoms with Gasteiger partial charge in [-0.1, -0.05) is 12.2 Å². The van der Waals surface area contributed by atoms with Crippen molar-refractivity contribution in [1.29, 1.82) is 0 Å². The Morgan fingerprint density at radius 3 is 2.69 bits per heavy atom. The van der Waals surface area contributed by atoms with Crippen molar-refractivity contribution >= 4 is 11.8 Å². The number of rotatable bonds is 4. The second-order valence-electron chi connectivity index (χ2n) is 4.72. The van der Waals surface area contributed by atoms with Crippen LogP contribution in [-0.4, -0.2) is 35.8 Å². The monoisotopic (exact) mass is 224 g/mol. The molecule has 0 aromatic heterocycles. The molecule has 1 aliphatic rings. The van der Waals surface area contributed by atoms with Gasteiger partial charge in [0.05, 0.1) is 5.92 Å². The molecule has 0 saturated carbocycles. The second-order valence-corrected chi connectivity index (χ2v) is 4.72. The predicted octanol–water partition coefficient (Wildman–Crippen LogP) is 0.936. The largest absolute Gasteiger partial charge is 0.352 e. The molecule has 0 aliphatic carbocycles. The molecule has 0 bridgehead atoms. The van der Waals surface area contributed by atoms with E-state index in [9.17, 15) is 9.59 Å². The van der Waals surface area contributed by atoms with Crippen molar-refractivity contribution < 1.29 is 9.59 Å². The summed E-state index contributed by atoms with van der Waals surface area (Å²) < 4.78 is 0. The third-order valence-corrected chi connectivity index (χ3v) is 2.72. The Balaban J connectivity index is 2.48. The van der Waals surface area contributed by atoms with Gasteiger partial charge < -0.3 is 10.2 Å². The molecule has 16 heavy (non-hydrogen) atoms. The molecule has 1 aliphatic heterocycles. The third-order valence-electron chi connectivity index (χ3n) is 2.72. The summed E-state index contributed by atoms with van der Waals surface area (Å²) in [6.07, 6.45) is 0.334. The molecule has 1 rings (SSSR count). The molecule has 1 atom stereocenters. The van der Waals surface area contributed by atoms with E-state index in [-0.39, 0.29) is 23.8 Å². The van der Waals surface area contributed by atoms with Gasteiger partial charge in [-0.15, -0.1) is 0 Å². The molecule has 0 radical (unpaired) electrons. The van der Waals surface area contributed by atoms with Gasteiger partial charge in [-0.25, -0.2) is 0 Å². The highest BCUT2D eigenvalue weighted by Crippen LogP contribution is 2.20. The lowest BCUT2D eigenvalue weighted by Gasteiger charge is -2.20. The smallest absolute Gasteiger partial charge is 0.225 e. The topological polar surface area (TPSA) is 49.4 Å². The standard InChI is InChI=1S/C12H20N2O2/c1-8(2)6-13-12(16)10-5-11(15)14(7-10)9(3)4/h9-10H,1,5-7H2,2-4H3,(H,13,16). The van der Waals surface area contributed by atoms with Crippen LogP contribution in [0.3, 0.4) is 0 Å². The fourth-order valence-electron chi connectivity index (χ4n) is 1.79. The van der Waals surface area contributed by atoms with E-state index < -0.39 is 0 Å². The van der Waals surface area contributed by atoms with Crippen LogP contribution in [0.25, 0.3) is 0 Å². The maximum absolute atomic E-state index is 11.7. The van der Waals surface area contributed by atoms with Crippen LogP contribution >= 0.6 is 0 Å². The summed E-state index contributed by atoms with van der Waals surface area (Å²) >= 11 is 0. The zero-order valence-corrected chi connectivity index (χ0v) is 10.2. The molecule has 0 aromatic rings. The predicted molar refractivity (Wildman–Crippen MR) is 62.8 cm³/mol. The fourth-order valence-corrected chi connectivity index (χ4v) is 1.79. The molecule has 4 nitrogen and oxygen atoms in total. The van der Waals surface area contributed by atoms with Crippen molar-refractivity contribution in [2.75, 3.05) is 13.1 Å². The van der Waals surface area contributed by atoms with Crippen LogP contribution in [-0.2, 0) is 9.59 Å². The van der Waals surface area contributed by atoms with Crippen molar-refractivity contribution in [2.24, 2.45) is 5.92 Å². The Kier molecular flexibility index (Phi) is 4.10. The molecule has 2 amide bonds. The summed E-state index contributed by atoms with van der Waals surface area (Å²) in [5.74, 6) is -0.167. The van der Waals surface area contributed by atoms with Gasteiger partial charge in [-0.2, -0.15) is 0 Å². The van der Waals surface area contributed by atoms with E-state index in [4.69, 9.17) is 0 Å². The van der Waals surface area contributed by atoms with E-state index in [1.54, 1.807) is 4.90 Å². The van der Waals surface area contributed by atoms with E-state index in [1.165, 1.54) is 0 Å². The minimum absolute atomic E-state index is 0.0421. The van der Waals surface area contributed by atoms with Gasteiger partial charge in [0.25, 0.3) is 0 Å². The van der Waals surface area contributed by atoms with Crippen LogP contribution < -0.4 is 5.32 Å². The second kappa shape index (κ2) is 5.14. The Hall–Kier alpha value is -1.32. The van der Waals surface area contributed by atoms with E-state index in [0.29, 0.717) is 19.5 Å². The molecule has 0 aromatic carbocycles. The lowest BCUT2D eigenvalue weighted by molar-refractivity contribution is -0.129. The Labute approximate surface area is 96.7 Å². The van der Waals surface area contributed by atoms with E-state index in [0.717, 1.165) is 5.57 Å². The summed E-state index contributed by atoms with van der Waals surface area (Å²) in [4.78, 5) is 25.1. The van der Waals surface area contributed by atoms with Gasteiger partial charge in [0.1, 0.15) is 0 Å². The third kappa shape index (κ3) is 3.08. The molecule has 1 unspecified atom stereocenters. The molecule has 1 fully saturated rings. The molecule has 1 heterocycles. The number of hydrogen-bond donors (Lipinski definition) is 1. The highest BCUT2D eigenvalue weighted by Gasteiger charge is 2.35. The summed E-state index contributed by atoms with van der Waals surface area (Å²) in [5.41, 5.74) is 0.915. The first-order valence-electron chi connectivity index (χ1n) is 5.63. The van der Waals surface area contributed by atoms with Crippen LogP contribution in [0.5, 0.6) is 0 Å². The molecular weight excluding hydrogens is 204 g/mol. The molecule has 4 heteroatoms. The van der Waals surface area contributed by atoms with Gasteiger partial charge in [0.2, 0.25) is 11.8 Å². The molecule has 0 spiro atoms. The number of nitrogens with one attached hydrogen (secondary N) is 1. The van der Waals surface area contributed by atoms with Crippen molar-refractivity contribution in [3.05, 3.63) is 12.2 Å². The van der Waals surface area contributed by atoms with Crippen molar-refractivity contribution in [3.63, 3.8) is 0 Å². The number of likely N-dealkylation sites (tertiary alicyclic amines) is 1. The van der Waals surface area contributed by atoms with Crippen molar-refractivity contribution in [2.45, 2.75) is 33.2 Å². The van der Waals surface area contributed by atoms with Gasteiger partial charge in [0.15, 0.2) is 0 Å². The lowest BCUT2D eigenvalue weighted by Crippen LogP contribution is -2.35. The number of hydrogen-bond acceptors (Lipinski definition) is 2. The highest BCUT2D eigenvalue weighted by molar-refractivity contribution is 5.89. The van der Waals surface area contributed by atoms with Gasteiger partial charge in [-0.3, -0.25) is 9.59 Å². The van der Waals surface area contributed by atoms with E-state index in [1.807, 2.05) is 20.8 Å². The lowest BCUT2D eigenvalue weighted by atomic mass is 10.1. The maximum atomic E-state index is 11.7. The van der Waals surface area contributed by atoms with E-state index in [2.05, 4.69) is 11.9 Å². The minimum atomic E-state index is -0.200. The first kappa shape index (κ1) is 12.7. The summed E-state index contributed by atoms with van der Waals surface area (Å²) in [5, 5.41) is 2.79. The van der Waals surface area contributed by atoms with Gasteiger partial charge >= 0.3 is 0 Å². The molecule has 1 saturated heterocycles. The van der Waals surface area contributed by atoms with Crippen LogP contribution in [0, 0.1) is 5.92 Å². The Bertz CT molecular complexity index is 310. The van der Waals surface area contributed by atoms with Crippen LogP contribution in [0.2, 0.25) is 0 Å². The summed E-state index contributed by atoms with van der Waals surface area (Å²) in [7, 11) is 0. The van der Waals surface area contributed by atoms with Crippen LogP contribution in [0.4, 0.5) is 0 Å².